The second-order valence-electron chi connectivity index (χ2n) is 5.50. The Kier molecular flexibility index (Phi) is 4.32. The fourth-order valence-corrected chi connectivity index (χ4v) is 4.25. The van der Waals surface area contributed by atoms with E-state index in [9.17, 15) is 4.79 Å². The first-order valence-corrected chi connectivity index (χ1v) is 8.60. The molecule has 3 rings (SSSR count). The van der Waals surface area contributed by atoms with Crippen molar-refractivity contribution >= 4 is 34.5 Å². The third kappa shape index (κ3) is 2.99. The zero-order chi connectivity index (χ0) is 14.8. The van der Waals surface area contributed by atoms with Gasteiger partial charge in [0.25, 0.3) is 5.91 Å². The molecule has 1 aliphatic rings. The van der Waals surface area contributed by atoms with Crippen molar-refractivity contribution in [3.63, 3.8) is 0 Å². The highest BCUT2D eigenvalue weighted by Gasteiger charge is 2.24. The molecule has 2 nitrogen and oxygen atoms in total. The normalized spacial score (nSPS) is 17.3. The summed E-state index contributed by atoms with van der Waals surface area (Å²) in [5, 5.41) is 5.49. The van der Waals surface area contributed by atoms with E-state index in [0.717, 1.165) is 24.3 Å². The number of thiophene rings is 1. The summed E-state index contributed by atoms with van der Waals surface area (Å²) in [7, 11) is 0. The minimum absolute atomic E-state index is 0.0458. The lowest BCUT2D eigenvalue weighted by Gasteiger charge is -2.21. The fourth-order valence-electron chi connectivity index (χ4n) is 2.87. The largest absolute Gasteiger partial charge is 0.321 e. The highest BCUT2D eigenvalue weighted by atomic mass is 35.5. The number of amides is 1. The molecular formula is C17H18ClNOS. The summed E-state index contributed by atoms with van der Waals surface area (Å²) in [6.45, 7) is 2.24. The van der Waals surface area contributed by atoms with Crippen molar-refractivity contribution in [3.05, 3.63) is 50.7 Å². The van der Waals surface area contributed by atoms with Gasteiger partial charge in [-0.3, -0.25) is 4.79 Å². The molecule has 110 valence electrons. The number of para-hydroxylation sites is 1. The van der Waals surface area contributed by atoms with Gasteiger partial charge in [-0.2, -0.15) is 0 Å². The van der Waals surface area contributed by atoms with E-state index < -0.39 is 0 Å². The van der Waals surface area contributed by atoms with Crippen LogP contribution >= 0.6 is 22.9 Å². The number of rotatable bonds is 3. The summed E-state index contributed by atoms with van der Waals surface area (Å²) in [4.78, 5) is 13.9. The van der Waals surface area contributed by atoms with Crippen LogP contribution in [0.25, 0.3) is 0 Å². The van der Waals surface area contributed by atoms with Crippen LogP contribution in [0.4, 0.5) is 5.69 Å². The van der Waals surface area contributed by atoms with Gasteiger partial charge in [0.05, 0.1) is 16.3 Å². The van der Waals surface area contributed by atoms with Gasteiger partial charge in [-0.05, 0) is 42.9 Å². The fraction of sp³-hybridized carbons (Fsp3) is 0.353. The Morgan fingerprint density at radius 1 is 1.43 bits per heavy atom. The molecule has 1 aromatic carbocycles. The molecule has 2 aromatic rings. The Morgan fingerprint density at radius 2 is 2.24 bits per heavy atom. The molecular weight excluding hydrogens is 302 g/mol. The first-order valence-electron chi connectivity index (χ1n) is 7.34. The summed E-state index contributed by atoms with van der Waals surface area (Å²) in [6.07, 6.45) is 4.55. The molecule has 0 spiro atoms. The molecule has 1 aromatic heterocycles. The number of fused-ring (bicyclic) bond motifs is 1. The van der Waals surface area contributed by atoms with Crippen molar-refractivity contribution in [2.75, 3.05) is 5.32 Å². The molecule has 1 aliphatic carbocycles. The number of carbonyl (C=O) groups excluding carboxylic acids is 1. The van der Waals surface area contributed by atoms with E-state index in [1.165, 1.54) is 23.3 Å². The Morgan fingerprint density at radius 3 is 3.00 bits per heavy atom. The van der Waals surface area contributed by atoms with Gasteiger partial charge in [0.15, 0.2) is 0 Å². The zero-order valence-electron chi connectivity index (χ0n) is 12.0. The maximum atomic E-state index is 12.5. The predicted octanol–water partition coefficient (Wildman–Crippen LogP) is 5.17. The lowest BCUT2D eigenvalue weighted by atomic mass is 9.86. The van der Waals surface area contributed by atoms with E-state index in [-0.39, 0.29) is 5.91 Å². The molecule has 1 unspecified atom stereocenters. The van der Waals surface area contributed by atoms with Gasteiger partial charge < -0.3 is 5.32 Å². The van der Waals surface area contributed by atoms with Crippen molar-refractivity contribution in [3.8, 4) is 0 Å². The monoisotopic (exact) mass is 319 g/mol. The molecule has 0 fully saturated rings. The van der Waals surface area contributed by atoms with Gasteiger partial charge in [-0.15, -0.1) is 11.3 Å². The third-order valence-corrected chi connectivity index (χ3v) is 5.58. The van der Waals surface area contributed by atoms with Crippen LogP contribution in [-0.4, -0.2) is 5.91 Å². The van der Waals surface area contributed by atoms with Crippen LogP contribution < -0.4 is 5.32 Å². The average Bonchev–Trinajstić information content (AvgIpc) is 2.92. The predicted molar refractivity (Wildman–Crippen MR) is 89.5 cm³/mol. The minimum atomic E-state index is -0.0458. The van der Waals surface area contributed by atoms with Crippen molar-refractivity contribution < 1.29 is 4.79 Å². The van der Waals surface area contributed by atoms with Crippen LogP contribution in [0, 0.1) is 5.92 Å². The molecule has 1 N–H and O–H groups in total. The highest BCUT2D eigenvalue weighted by Crippen LogP contribution is 2.34. The second kappa shape index (κ2) is 6.20. The van der Waals surface area contributed by atoms with Crippen molar-refractivity contribution in [2.45, 2.75) is 32.6 Å². The Balaban J connectivity index is 1.81. The van der Waals surface area contributed by atoms with Crippen LogP contribution in [-0.2, 0) is 12.8 Å². The first kappa shape index (κ1) is 14.6. The smallest absolute Gasteiger partial charge is 0.256 e. The number of halogens is 1. The number of benzene rings is 1. The van der Waals surface area contributed by atoms with Crippen molar-refractivity contribution in [1.29, 1.82) is 0 Å². The van der Waals surface area contributed by atoms with Gasteiger partial charge in [0.1, 0.15) is 0 Å². The van der Waals surface area contributed by atoms with Gasteiger partial charge >= 0.3 is 0 Å². The topological polar surface area (TPSA) is 29.1 Å². The summed E-state index contributed by atoms with van der Waals surface area (Å²) in [5.74, 6) is 0.728. The maximum absolute atomic E-state index is 12.5. The quantitative estimate of drug-likeness (QED) is 0.831. The molecule has 4 heteroatoms. The summed E-state index contributed by atoms with van der Waals surface area (Å²) < 4.78 is 0. The van der Waals surface area contributed by atoms with Crippen LogP contribution in [0.5, 0.6) is 0 Å². The molecule has 0 bridgehead atoms. The number of carbonyl (C=O) groups is 1. The summed E-state index contributed by atoms with van der Waals surface area (Å²) in [5.41, 5.74) is 2.74. The Labute approximate surface area is 134 Å². The summed E-state index contributed by atoms with van der Waals surface area (Å²) in [6, 6.07) is 7.34. The lowest BCUT2D eigenvalue weighted by molar-refractivity contribution is 0.102. The van der Waals surface area contributed by atoms with Crippen LogP contribution in [0.2, 0.25) is 5.02 Å². The van der Waals surface area contributed by atoms with Crippen molar-refractivity contribution in [2.24, 2.45) is 5.92 Å². The van der Waals surface area contributed by atoms with Crippen molar-refractivity contribution in [1.82, 2.24) is 0 Å². The first-order chi connectivity index (χ1) is 10.2. The van der Waals surface area contributed by atoms with Crippen LogP contribution in [0.15, 0.2) is 29.6 Å². The second-order valence-corrected chi connectivity index (χ2v) is 6.87. The molecule has 1 heterocycles. The van der Waals surface area contributed by atoms with Gasteiger partial charge in [0, 0.05) is 10.3 Å². The Hall–Kier alpha value is -1.32. The number of hydrogen-bond donors (Lipinski definition) is 1. The third-order valence-electron chi connectivity index (χ3n) is 4.20. The molecule has 0 saturated heterocycles. The van der Waals surface area contributed by atoms with Gasteiger partial charge in [-0.25, -0.2) is 0 Å². The number of nitrogens with one attached hydrogen (secondary N) is 1. The minimum Gasteiger partial charge on any atom is -0.321 e. The Bertz CT molecular complexity index is 665. The van der Waals surface area contributed by atoms with E-state index >= 15 is 0 Å². The lowest BCUT2D eigenvalue weighted by Crippen LogP contribution is -2.17. The van der Waals surface area contributed by atoms with Crippen LogP contribution in [0.1, 0.15) is 40.6 Å². The average molecular weight is 320 g/mol. The molecule has 0 radical (unpaired) electrons. The standard InChI is InChI=1S/C17H18ClNOS/c1-2-11-7-8-12-13(10-21-16(12)9-11)17(20)19-15-6-4-3-5-14(15)18/h3-6,10-11H,2,7-9H2,1H3,(H,19,20). The van der Waals surface area contributed by atoms with E-state index in [2.05, 4.69) is 12.2 Å². The van der Waals surface area contributed by atoms with Crippen LogP contribution in [0.3, 0.4) is 0 Å². The van der Waals surface area contributed by atoms with E-state index in [0.29, 0.717) is 10.7 Å². The molecule has 1 amide bonds. The maximum Gasteiger partial charge on any atom is 0.256 e. The van der Waals surface area contributed by atoms with Gasteiger partial charge in [0.2, 0.25) is 0 Å². The summed E-state index contributed by atoms with van der Waals surface area (Å²) >= 11 is 7.82. The molecule has 0 aliphatic heterocycles. The SMILES string of the molecule is CCC1CCc2c(C(=O)Nc3ccccc3Cl)csc2C1. The van der Waals surface area contributed by atoms with Gasteiger partial charge in [-0.1, -0.05) is 37.1 Å². The van der Waals surface area contributed by atoms with E-state index in [1.54, 1.807) is 17.4 Å². The molecule has 1 atom stereocenters. The molecule has 0 saturated carbocycles. The number of hydrogen-bond acceptors (Lipinski definition) is 2. The molecule has 21 heavy (non-hydrogen) atoms. The highest BCUT2D eigenvalue weighted by molar-refractivity contribution is 7.10. The van der Waals surface area contributed by atoms with E-state index in [4.69, 9.17) is 11.6 Å². The zero-order valence-corrected chi connectivity index (χ0v) is 13.6. The van der Waals surface area contributed by atoms with E-state index in [1.807, 2.05) is 23.6 Å². The number of anilines is 1.